The Hall–Kier alpha value is -0.610. The Labute approximate surface area is 90.2 Å². The Morgan fingerprint density at radius 1 is 1.57 bits per heavy atom. The Kier molecular flexibility index (Phi) is 4.35. The van der Waals surface area contributed by atoms with Crippen LogP contribution in [-0.2, 0) is 0 Å². The van der Waals surface area contributed by atoms with Crippen molar-refractivity contribution in [1.82, 2.24) is 10.3 Å². The topological polar surface area (TPSA) is 28.2 Å². The van der Waals surface area contributed by atoms with Crippen molar-refractivity contribution in [3.05, 3.63) is 11.1 Å². The first-order chi connectivity index (χ1) is 6.65. The third-order valence-electron chi connectivity index (χ3n) is 2.10. The molecule has 0 aliphatic carbocycles. The third-order valence-corrected chi connectivity index (χ3v) is 3.12. The molecule has 14 heavy (non-hydrogen) atoms. The number of nitrogens with one attached hydrogen (secondary N) is 1. The van der Waals surface area contributed by atoms with Gasteiger partial charge in [-0.3, -0.25) is 0 Å². The van der Waals surface area contributed by atoms with Crippen LogP contribution >= 0.6 is 11.3 Å². The molecule has 1 aromatic heterocycles. The summed E-state index contributed by atoms with van der Waals surface area (Å²) >= 11 is 1.71. The highest BCUT2D eigenvalue weighted by Gasteiger charge is 2.10. The first kappa shape index (κ1) is 11.5. The van der Waals surface area contributed by atoms with E-state index < -0.39 is 0 Å². The maximum absolute atomic E-state index is 4.57. The van der Waals surface area contributed by atoms with Crippen molar-refractivity contribution in [3.63, 3.8) is 0 Å². The van der Waals surface area contributed by atoms with E-state index >= 15 is 0 Å². The Morgan fingerprint density at radius 3 is 2.79 bits per heavy atom. The van der Waals surface area contributed by atoms with E-state index in [4.69, 9.17) is 0 Å². The summed E-state index contributed by atoms with van der Waals surface area (Å²) in [5, 5.41) is 6.57. The molecule has 1 N–H and O–H groups in total. The monoisotopic (exact) mass is 213 g/mol. The van der Waals surface area contributed by atoms with Gasteiger partial charge in [0.05, 0.1) is 5.69 Å². The molecule has 0 bridgehead atoms. The van der Waals surface area contributed by atoms with Gasteiger partial charge < -0.3 is 10.2 Å². The third kappa shape index (κ3) is 2.96. The summed E-state index contributed by atoms with van der Waals surface area (Å²) in [7, 11) is 4.05. The highest BCUT2D eigenvalue weighted by atomic mass is 32.1. The highest BCUT2D eigenvalue weighted by Crippen LogP contribution is 2.22. The molecule has 0 aliphatic heterocycles. The van der Waals surface area contributed by atoms with Crippen molar-refractivity contribution in [2.75, 3.05) is 32.1 Å². The molecule has 0 aliphatic rings. The minimum atomic E-state index is 0.500. The Morgan fingerprint density at radius 2 is 2.29 bits per heavy atom. The van der Waals surface area contributed by atoms with Crippen LogP contribution in [0, 0.1) is 0 Å². The molecule has 4 heteroatoms. The van der Waals surface area contributed by atoms with Gasteiger partial charge in [0.1, 0.15) is 0 Å². The minimum absolute atomic E-state index is 0.500. The second-order valence-electron chi connectivity index (χ2n) is 3.66. The number of rotatable bonds is 5. The molecule has 0 saturated heterocycles. The number of nitrogens with zero attached hydrogens (tertiary/aromatic N) is 2. The largest absolute Gasteiger partial charge is 0.354 e. The minimum Gasteiger partial charge on any atom is -0.354 e. The average Bonchev–Trinajstić information content (AvgIpc) is 2.62. The van der Waals surface area contributed by atoms with Crippen LogP contribution < -0.4 is 10.2 Å². The molecule has 1 heterocycles. The average molecular weight is 213 g/mol. The highest BCUT2D eigenvalue weighted by molar-refractivity contribution is 7.13. The van der Waals surface area contributed by atoms with Crippen molar-refractivity contribution >= 4 is 16.5 Å². The van der Waals surface area contributed by atoms with Crippen LogP contribution in [0.2, 0.25) is 0 Å². The van der Waals surface area contributed by atoms with Gasteiger partial charge in [0.25, 0.3) is 0 Å². The van der Waals surface area contributed by atoms with E-state index in [-0.39, 0.29) is 0 Å². The fraction of sp³-hybridized carbons (Fsp3) is 0.700. The number of aromatic nitrogens is 1. The number of thiazole rings is 1. The summed E-state index contributed by atoms with van der Waals surface area (Å²) in [6.07, 6.45) is 0. The number of likely N-dealkylation sites (N-methyl/N-ethyl adjacent to an activating group) is 1. The summed E-state index contributed by atoms with van der Waals surface area (Å²) < 4.78 is 0. The molecule has 0 saturated carbocycles. The van der Waals surface area contributed by atoms with Crippen LogP contribution in [-0.4, -0.2) is 32.2 Å². The van der Waals surface area contributed by atoms with Gasteiger partial charge in [-0.15, -0.1) is 11.3 Å². The molecule has 1 rings (SSSR count). The zero-order chi connectivity index (χ0) is 10.6. The summed E-state index contributed by atoms with van der Waals surface area (Å²) in [4.78, 5) is 6.62. The van der Waals surface area contributed by atoms with E-state index in [1.54, 1.807) is 11.3 Å². The summed E-state index contributed by atoms with van der Waals surface area (Å²) in [6.45, 7) is 6.36. The predicted octanol–water partition coefficient (Wildman–Crippen LogP) is 1.92. The molecule has 1 atom stereocenters. The Balaban J connectivity index is 2.57. The van der Waals surface area contributed by atoms with Crippen molar-refractivity contribution in [2.24, 2.45) is 0 Å². The zero-order valence-corrected chi connectivity index (χ0v) is 10.2. The van der Waals surface area contributed by atoms with Gasteiger partial charge in [-0.25, -0.2) is 4.98 Å². The SMILES string of the molecule is CCNCC(C)c1csc(N(C)C)n1. The second-order valence-corrected chi connectivity index (χ2v) is 4.49. The van der Waals surface area contributed by atoms with Crippen molar-refractivity contribution in [2.45, 2.75) is 19.8 Å². The van der Waals surface area contributed by atoms with Gasteiger partial charge >= 0.3 is 0 Å². The fourth-order valence-corrected chi connectivity index (χ4v) is 2.05. The van der Waals surface area contributed by atoms with Crippen LogP contribution in [0.3, 0.4) is 0 Å². The number of anilines is 1. The molecule has 1 unspecified atom stereocenters. The first-order valence-electron chi connectivity index (χ1n) is 4.98. The van der Waals surface area contributed by atoms with Crippen LogP contribution in [0.4, 0.5) is 5.13 Å². The van der Waals surface area contributed by atoms with Crippen molar-refractivity contribution in [3.8, 4) is 0 Å². The van der Waals surface area contributed by atoms with Crippen LogP contribution in [0.5, 0.6) is 0 Å². The molecule has 0 radical (unpaired) electrons. The fourth-order valence-electron chi connectivity index (χ4n) is 1.17. The smallest absolute Gasteiger partial charge is 0.184 e. The first-order valence-corrected chi connectivity index (χ1v) is 5.86. The lowest BCUT2D eigenvalue weighted by Gasteiger charge is -2.09. The van der Waals surface area contributed by atoms with Gasteiger partial charge in [-0.05, 0) is 6.54 Å². The van der Waals surface area contributed by atoms with Crippen LogP contribution in [0.1, 0.15) is 25.5 Å². The van der Waals surface area contributed by atoms with Gasteiger partial charge in [0.15, 0.2) is 5.13 Å². The molecule has 0 fully saturated rings. The summed E-state index contributed by atoms with van der Waals surface area (Å²) in [6, 6.07) is 0. The maximum Gasteiger partial charge on any atom is 0.184 e. The number of hydrogen-bond donors (Lipinski definition) is 1. The lowest BCUT2D eigenvalue weighted by Crippen LogP contribution is -2.19. The van der Waals surface area contributed by atoms with Gasteiger partial charge in [0.2, 0.25) is 0 Å². The normalized spacial score (nSPS) is 12.9. The van der Waals surface area contributed by atoms with E-state index in [0.717, 1.165) is 18.2 Å². The lowest BCUT2D eigenvalue weighted by molar-refractivity contribution is 0.625. The molecule has 0 aromatic carbocycles. The molecular weight excluding hydrogens is 194 g/mol. The number of hydrogen-bond acceptors (Lipinski definition) is 4. The van der Waals surface area contributed by atoms with Gasteiger partial charge in [0, 0.05) is 31.9 Å². The zero-order valence-electron chi connectivity index (χ0n) is 9.37. The van der Waals surface area contributed by atoms with Crippen molar-refractivity contribution in [1.29, 1.82) is 0 Å². The van der Waals surface area contributed by atoms with E-state index in [1.165, 1.54) is 5.69 Å². The molecule has 0 spiro atoms. The maximum atomic E-state index is 4.57. The van der Waals surface area contributed by atoms with Gasteiger partial charge in [-0.2, -0.15) is 0 Å². The van der Waals surface area contributed by atoms with Crippen LogP contribution in [0.25, 0.3) is 0 Å². The standard InChI is InChI=1S/C10H19N3S/c1-5-11-6-8(2)9-7-14-10(12-9)13(3)4/h7-8,11H,5-6H2,1-4H3. The van der Waals surface area contributed by atoms with Crippen molar-refractivity contribution < 1.29 is 0 Å². The summed E-state index contributed by atoms with van der Waals surface area (Å²) in [5.74, 6) is 0.500. The van der Waals surface area contributed by atoms with E-state index in [2.05, 4.69) is 29.5 Å². The molecule has 80 valence electrons. The Bertz CT molecular complexity index is 270. The molecule has 1 aromatic rings. The van der Waals surface area contributed by atoms with E-state index in [9.17, 15) is 0 Å². The van der Waals surface area contributed by atoms with E-state index in [0.29, 0.717) is 5.92 Å². The molecular formula is C10H19N3S. The quantitative estimate of drug-likeness (QED) is 0.810. The second kappa shape index (κ2) is 5.32. The molecule has 0 amide bonds. The van der Waals surface area contributed by atoms with E-state index in [1.807, 2.05) is 19.0 Å². The van der Waals surface area contributed by atoms with Gasteiger partial charge in [-0.1, -0.05) is 13.8 Å². The predicted molar refractivity (Wildman–Crippen MR) is 63.4 cm³/mol. The summed E-state index contributed by atoms with van der Waals surface area (Å²) in [5.41, 5.74) is 1.19. The molecule has 3 nitrogen and oxygen atoms in total. The van der Waals surface area contributed by atoms with Crippen LogP contribution in [0.15, 0.2) is 5.38 Å². The lowest BCUT2D eigenvalue weighted by atomic mass is 10.1.